The van der Waals surface area contributed by atoms with E-state index in [1.807, 2.05) is 6.92 Å². The molecule has 0 bridgehead atoms. The van der Waals surface area contributed by atoms with Crippen LogP contribution in [0.2, 0.25) is 0 Å². The molecule has 26 heavy (non-hydrogen) atoms. The van der Waals surface area contributed by atoms with Gasteiger partial charge in [0.25, 0.3) is 5.91 Å². The smallest absolute Gasteiger partial charge is 0.273 e. The lowest BCUT2D eigenvalue weighted by Gasteiger charge is -2.38. The van der Waals surface area contributed by atoms with E-state index in [0.29, 0.717) is 50.4 Å². The number of hydrogen-bond acceptors (Lipinski definition) is 5. The molecule has 2 N–H and O–H groups in total. The van der Waals surface area contributed by atoms with E-state index < -0.39 is 11.6 Å². The number of rotatable bonds is 5. The van der Waals surface area contributed by atoms with Crippen LogP contribution in [0.3, 0.4) is 0 Å². The van der Waals surface area contributed by atoms with Gasteiger partial charge in [-0.2, -0.15) is 0 Å². The summed E-state index contributed by atoms with van der Waals surface area (Å²) in [4.78, 5) is 20.8. The predicted molar refractivity (Wildman–Crippen MR) is 97.1 cm³/mol. The predicted octanol–water partition coefficient (Wildman–Crippen LogP) is 2.44. The van der Waals surface area contributed by atoms with Crippen LogP contribution in [-0.4, -0.2) is 53.4 Å². The van der Waals surface area contributed by atoms with Crippen LogP contribution in [-0.2, 0) is 6.42 Å². The summed E-state index contributed by atoms with van der Waals surface area (Å²) in [6.07, 6.45) is 0.673. The van der Waals surface area contributed by atoms with Crippen molar-refractivity contribution in [1.82, 2.24) is 14.8 Å². The molecule has 1 aromatic carbocycles. The maximum Gasteiger partial charge on any atom is 0.273 e. The van der Waals surface area contributed by atoms with E-state index in [2.05, 4.69) is 9.88 Å². The van der Waals surface area contributed by atoms with Gasteiger partial charge in [-0.3, -0.25) is 9.69 Å². The normalized spacial score (nSPS) is 16.7. The van der Waals surface area contributed by atoms with E-state index >= 15 is 0 Å². The average Bonchev–Trinajstić information content (AvgIpc) is 3.10. The molecule has 0 spiro atoms. The molecule has 1 unspecified atom stereocenters. The van der Waals surface area contributed by atoms with Gasteiger partial charge in [0.2, 0.25) is 0 Å². The Balaban J connectivity index is 1.60. The molecule has 1 saturated heterocycles. The fourth-order valence-electron chi connectivity index (χ4n) is 3.16. The summed E-state index contributed by atoms with van der Waals surface area (Å²) in [6, 6.07) is 3.49. The average molecular weight is 380 g/mol. The van der Waals surface area contributed by atoms with Gasteiger partial charge in [0.05, 0.1) is 5.01 Å². The monoisotopic (exact) mass is 380 g/mol. The van der Waals surface area contributed by atoms with Gasteiger partial charge < -0.3 is 10.6 Å². The van der Waals surface area contributed by atoms with Crippen molar-refractivity contribution in [1.29, 1.82) is 0 Å². The van der Waals surface area contributed by atoms with Crippen LogP contribution in [0.1, 0.15) is 34.0 Å². The molecular formula is C18H22F2N4OS. The van der Waals surface area contributed by atoms with Crippen molar-refractivity contribution in [2.75, 3.05) is 32.7 Å². The Morgan fingerprint density at radius 1 is 1.31 bits per heavy atom. The maximum atomic E-state index is 14.0. The molecule has 0 radical (unpaired) electrons. The minimum Gasteiger partial charge on any atom is -0.335 e. The highest BCUT2D eigenvalue weighted by Gasteiger charge is 2.27. The summed E-state index contributed by atoms with van der Waals surface area (Å²) < 4.78 is 27.1. The molecule has 2 aromatic rings. The van der Waals surface area contributed by atoms with Gasteiger partial charge >= 0.3 is 0 Å². The summed E-state index contributed by atoms with van der Waals surface area (Å²) in [7, 11) is 0. The van der Waals surface area contributed by atoms with Gasteiger partial charge in [-0.25, -0.2) is 13.8 Å². The standard InChI is InChI=1S/C18H22F2N4OS/c1-12(14-3-2-13(19)10-15(14)20)23-6-8-24(9-7-23)18(25)16-11-26-17(22-16)4-5-21/h2-3,10-12H,4-9,21H2,1H3. The van der Waals surface area contributed by atoms with Gasteiger partial charge in [-0.1, -0.05) is 6.07 Å². The van der Waals surface area contributed by atoms with Crippen molar-refractivity contribution >= 4 is 17.2 Å². The number of nitrogens with two attached hydrogens (primary N) is 1. The number of thiazole rings is 1. The van der Waals surface area contributed by atoms with Crippen molar-refractivity contribution in [3.05, 3.63) is 51.5 Å². The number of amides is 1. The van der Waals surface area contributed by atoms with Crippen LogP contribution in [0.4, 0.5) is 8.78 Å². The van der Waals surface area contributed by atoms with Crippen molar-refractivity contribution in [2.24, 2.45) is 5.73 Å². The van der Waals surface area contributed by atoms with Gasteiger partial charge in [-0.15, -0.1) is 11.3 Å². The Morgan fingerprint density at radius 3 is 2.69 bits per heavy atom. The number of piperazine rings is 1. The first-order valence-electron chi connectivity index (χ1n) is 8.62. The Hall–Kier alpha value is -1.90. The fourth-order valence-corrected chi connectivity index (χ4v) is 3.95. The molecule has 1 aliphatic rings. The molecule has 140 valence electrons. The number of carbonyl (C=O) groups excluding carboxylic acids is 1. The van der Waals surface area contributed by atoms with Crippen LogP contribution in [0, 0.1) is 11.6 Å². The van der Waals surface area contributed by atoms with Gasteiger partial charge in [0.15, 0.2) is 0 Å². The number of nitrogens with zero attached hydrogens (tertiary/aromatic N) is 3. The second-order valence-corrected chi connectivity index (χ2v) is 7.28. The number of benzene rings is 1. The van der Waals surface area contributed by atoms with Gasteiger partial charge in [0, 0.05) is 55.7 Å². The van der Waals surface area contributed by atoms with Crippen LogP contribution < -0.4 is 5.73 Å². The SMILES string of the molecule is CC(c1ccc(F)cc1F)N1CCN(C(=O)c2csc(CCN)n2)CC1. The van der Waals surface area contributed by atoms with Crippen molar-refractivity contribution < 1.29 is 13.6 Å². The van der Waals surface area contributed by atoms with Crippen LogP contribution in [0.15, 0.2) is 23.6 Å². The zero-order valence-electron chi connectivity index (χ0n) is 14.6. The number of aromatic nitrogens is 1. The second-order valence-electron chi connectivity index (χ2n) is 6.34. The molecule has 1 aliphatic heterocycles. The van der Waals surface area contributed by atoms with E-state index in [-0.39, 0.29) is 11.9 Å². The van der Waals surface area contributed by atoms with E-state index in [9.17, 15) is 13.6 Å². The Labute approximate surface area is 155 Å². The summed E-state index contributed by atoms with van der Waals surface area (Å²) in [5, 5.41) is 2.64. The first-order chi connectivity index (χ1) is 12.5. The molecule has 2 heterocycles. The molecule has 1 atom stereocenters. The minimum atomic E-state index is -0.578. The van der Waals surface area contributed by atoms with Crippen molar-refractivity contribution in [2.45, 2.75) is 19.4 Å². The second kappa shape index (κ2) is 8.20. The highest BCUT2D eigenvalue weighted by Crippen LogP contribution is 2.25. The largest absolute Gasteiger partial charge is 0.335 e. The number of halogens is 2. The summed E-state index contributed by atoms with van der Waals surface area (Å²) >= 11 is 1.45. The lowest BCUT2D eigenvalue weighted by Crippen LogP contribution is -2.49. The summed E-state index contributed by atoms with van der Waals surface area (Å²) in [5.74, 6) is -1.19. The van der Waals surface area contributed by atoms with Crippen LogP contribution in [0.5, 0.6) is 0 Å². The topological polar surface area (TPSA) is 62.5 Å². The van der Waals surface area contributed by atoms with E-state index in [1.165, 1.54) is 23.5 Å². The van der Waals surface area contributed by atoms with Crippen molar-refractivity contribution in [3.8, 4) is 0 Å². The highest BCUT2D eigenvalue weighted by atomic mass is 32.1. The molecule has 3 rings (SSSR count). The van der Waals surface area contributed by atoms with Crippen LogP contribution in [0.25, 0.3) is 0 Å². The zero-order valence-corrected chi connectivity index (χ0v) is 15.4. The molecule has 0 saturated carbocycles. The zero-order chi connectivity index (χ0) is 18.7. The minimum absolute atomic E-state index is 0.0789. The lowest BCUT2D eigenvalue weighted by atomic mass is 10.1. The highest BCUT2D eigenvalue weighted by molar-refractivity contribution is 7.09. The van der Waals surface area contributed by atoms with Gasteiger partial charge in [-0.05, 0) is 19.5 Å². The van der Waals surface area contributed by atoms with E-state index in [0.717, 1.165) is 11.1 Å². The Kier molecular flexibility index (Phi) is 5.95. The van der Waals surface area contributed by atoms with Crippen molar-refractivity contribution in [3.63, 3.8) is 0 Å². The molecule has 1 amide bonds. The number of hydrogen-bond donors (Lipinski definition) is 1. The molecule has 8 heteroatoms. The Bertz CT molecular complexity index is 774. The summed E-state index contributed by atoms with van der Waals surface area (Å²) in [5.41, 5.74) is 6.45. The molecule has 5 nitrogen and oxygen atoms in total. The fraction of sp³-hybridized carbons (Fsp3) is 0.444. The van der Waals surface area contributed by atoms with E-state index in [1.54, 1.807) is 10.3 Å². The molecule has 1 fully saturated rings. The van der Waals surface area contributed by atoms with E-state index in [4.69, 9.17) is 5.73 Å². The molecular weight excluding hydrogens is 358 g/mol. The third-order valence-corrected chi connectivity index (χ3v) is 5.60. The number of carbonyl (C=O) groups is 1. The third kappa shape index (κ3) is 4.08. The molecule has 1 aromatic heterocycles. The maximum absolute atomic E-state index is 14.0. The quantitative estimate of drug-likeness (QED) is 0.866. The first-order valence-corrected chi connectivity index (χ1v) is 9.50. The Morgan fingerprint density at radius 2 is 2.04 bits per heavy atom. The lowest BCUT2D eigenvalue weighted by molar-refractivity contribution is 0.0574. The first kappa shape index (κ1) is 18.9. The summed E-state index contributed by atoms with van der Waals surface area (Å²) in [6.45, 7) is 4.77. The molecule has 0 aliphatic carbocycles. The van der Waals surface area contributed by atoms with Gasteiger partial charge in [0.1, 0.15) is 17.3 Å². The third-order valence-electron chi connectivity index (χ3n) is 4.69. The van der Waals surface area contributed by atoms with Crippen LogP contribution >= 0.6 is 11.3 Å².